The lowest BCUT2D eigenvalue weighted by Gasteiger charge is -2.28. The van der Waals surface area contributed by atoms with E-state index in [-0.39, 0.29) is 24.1 Å². The molecular formula is C20H15N5O3S. The van der Waals surface area contributed by atoms with Crippen LogP contribution in [0.2, 0.25) is 0 Å². The van der Waals surface area contributed by atoms with Crippen LogP contribution in [0.3, 0.4) is 0 Å². The van der Waals surface area contributed by atoms with Crippen molar-refractivity contribution >= 4 is 45.9 Å². The number of nitrogens with one attached hydrogen (secondary N) is 2. The summed E-state index contributed by atoms with van der Waals surface area (Å²) in [5.74, 6) is 0.0441. The Morgan fingerprint density at radius 1 is 1.14 bits per heavy atom. The number of para-hydroxylation sites is 3. The second-order valence-corrected chi connectivity index (χ2v) is 7.38. The average molecular weight is 405 g/mol. The number of H-pyrrole nitrogens is 1. The maximum absolute atomic E-state index is 12.7. The fraction of sp³-hybridized carbons (Fsp3) is 0.100. The number of benzene rings is 2. The lowest BCUT2D eigenvalue weighted by Crippen LogP contribution is -2.43. The topological polar surface area (TPSA) is 104 Å². The number of fused-ring (bicyclic) bond motifs is 2. The molecule has 0 aliphatic carbocycles. The molecule has 5 rings (SSSR count). The van der Waals surface area contributed by atoms with Crippen LogP contribution in [-0.4, -0.2) is 39.3 Å². The largest absolute Gasteiger partial charge is 0.411 e. The predicted molar refractivity (Wildman–Crippen MR) is 110 cm³/mol. The number of nitrogens with zero attached hydrogens (tertiary/aromatic N) is 3. The Morgan fingerprint density at radius 3 is 2.90 bits per heavy atom. The van der Waals surface area contributed by atoms with Gasteiger partial charge in [-0.05, 0) is 18.2 Å². The van der Waals surface area contributed by atoms with Crippen LogP contribution in [0.1, 0.15) is 0 Å². The number of hydrogen-bond donors (Lipinski definition) is 2. The summed E-state index contributed by atoms with van der Waals surface area (Å²) in [6.07, 6.45) is 1.82. The highest BCUT2D eigenvalue weighted by atomic mass is 32.2. The Balaban J connectivity index is 1.31. The molecule has 2 N–H and O–H groups in total. The van der Waals surface area contributed by atoms with E-state index in [1.807, 2.05) is 42.6 Å². The zero-order valence-corrected chi connectivity index (χ0v) is 15.9. The normalized spacial score (nSPS) is 13.4. The van der Waals surface area contributed by atoms with E-state index < -0.39 is 0 Å². The Hall–Kier alpha value is -3.59. The van der Waals surface area contributed by atoms with Crippen molar-refractivity contribution in [3.05, 3.63) is 54.7 Å². The summed E-state index contributed by atoms with van der Waals surface area (Å²) in [5.41, 5.74) is 3.10. The van der Waals surface area contributed by atoms with Gasteiger partial charge in [-0.1, -0.05) is 42.1 Å². The summed E-state index contributed by atoms with van der Waals surface area (Å²) < 4.78 is 5.74. The number of carbonyl (C=O) groups is 2. The molecule has 1 aliphatic rings. The molecule has 2 amide bonds. The number of carbonyl (C=O) groups excluding carboxylic acids is 2. The molecule has 2 aromatic carbocycles. The molecule has 0 saturated carbocycles. The molecule has 2 aromatic heterocycles. The zero-order valence-electron chi connectivity index (χ0n) is 15.1. The summed E-state index contributed by atoms with van der Waals surface area (Å²) >= 11 is 1.15. The third-order valence-corrected chi connectivity index (χ3v) is 5.42. The first-order valence-electron chi connectivity index (χ1n) is 8.91. The van der Waals surface area contributed by atoms with Gasteiger partial charge in [0.1, 0.15) is 6.54 Å². The first kappa shape index (κ1) is 17.5. The fourth-order valence-corrected chi connectivity index (χ4v) is 3.92. The van der Waals surface area contributed by atoms with Crippen LogP contribution in [-0.2, 0) is 9.59 Å². The number of aromatic amines is 1. The fourth-order valence-electron chi connectivity index (χ4n) is 3.28. The van der Waals surface area contributed by atoms with Gasteiger partial charge in [-0.25, -0.2) is 0 Å². The van der Waals surface area contributed by atoms with Gasteiger partial charge in [0.05, 0.1) is 22.7 Å². The molecule has 3 heterocycles. The second kappa shape index (κ2) is 7.10. The Bertz CT molecular complexity index is 1230. The number of thioether (sulfide) groups is 1. The smallest absolute Gasteiger partial charge is 0.277 e. The lowest BCUT2D eigenvalue weighted by atomic mass is 10.2. The monoisotopic (exact) mass is 405 g/mol. The van der Waals surface area contributed by atoms with Crippen LogP contribution >= 0.6 is 11.8 Å². The molecule has 0 fully saturated rings. The van der Waals surface area contributed by atoms with Crippen LogP contribution in [0.5, 0.6) is 0 Å². The van der Waals surface area contributed by atoms with Crippen LogP contribution in [0.15, 0.2) is 64.4 Å². The summed E-state index contributed by atoms with van der Waals surface area (Å²) in [4.78, 5) is 29.3. The van der Waals surface area contributed by atoms with Gasteiger partial charge in [-0.2, -0.15) is 0 Å². The van der Waals surface area contributed by atoms with Crippen molar-refractivity contribution in [1.82, 2.24) is 15.2 Å². The van der Waals surface area contributed by atoms with Gasteiger partial charge >= 0.3 is 0 Å². The third-order valence-electron chi connectivity index (χ3n) is 4.62. The first-order chi connectivity index (χ1) is 14.2. The molecule has 4 aromatic rings. The van der Waals surface area contributed by atoms with Crippen molar-refractivity contribution in [1.29, 1.82) is 0 Å². The molecule has 144 valence electrons. The summed E-state index contributed by atoms with van der Waals surface area (Å²) in [7, 11) is 0. The third kappa shape index (κ3) is 3.25. The lowest BCUT2D eigenvalue weighted by molar-refractivity contribution is -0.120. The summed E-state index contributed by atoms with van der Waals surface area (Å²) in [6, 6.07) is 15.0. The van der Waals surface area contributed by atoms with E-state index in [2.05, 4.69) is 20.5 Å². The van der Waals surface area contributed by atoms with Gasteiger partial charge in [-0.15, -0.1) is 10.2 Å². The molecule has 0 saturated heterocycles. The van der Waals surface area contributed by atoms with Gasteiger partial charge in [-0.3, -0.25) is 9.59 Å². The standard InChI is InChI=1S/C20H15N5O3S/c26-17-10-25(16-8-4-3-7-15(16)22-17)18(27)11-29-20-24-23-19(28-20)13-9-21-14-6-2-1-5-12(13)14/h1-9,21H,10-11H2,(H,22,26). The van der Waals surface area contributed by atoms with Gasteiger partial charge < -0.3 is 19.6 Å². The molecular weight excluding hydrogens is 390 g/mol. The van der Waals surface area contributed by atoms with E-state index >= 15 is 0 Å². The number of aromatic nitrogens is 3. The molecule has 0 unspecified atom stereocenters. The zero-order chi connectivity index (χ0) is 19.8. The van der Waals surface area contributed by atoms with E-state index in [4.69, 9.17) is 4.42 Å². The van der Waals surface area contributed by atoms with E-state index in [0.29, 0.717) is 22.5 Å². The number of amides is 2. The maximum atomic E-state index is 12.7. The molecule has 9 heteroatoms. The Labute approximate surface area is 169 Å². The minimum absolute atomic E-state index is 0.0131. The number of hydrogen-bond acceptors (Lipinski definition) is 6. The first-order valence-corrected chi connectivity index (χ1v) is 9.89. The minimum atomic E-state index is -0.221. The van der Waals surface area contributed by atoms with Gasteiger partial charge in [0, 0.05) is 17.1 Å². The highest BCUT2D eigenvalue weighted by Gasteiger charge is 2.27. The molecule has 0 atom stereocenters. The minimum Gasteiger partial charge on any atom is -0.411 e. The van der Waals surface area contributed by atoms with E-state index in [1.165, 1.54) is 4.90 Å². The number of anilines is 2. The molecule has 1 aliphatic heterocycles. The highest BCUT2D eigenvalue weighted by Crippen LogP contribution is 2.31. The Kier molecular flexibility index (Phi) is 4.28. The van der Waals surface area contributed by atoms with E-state index in [9.17, 15) is 9.59 Å². The quantitative estimate of drug-likeness (QED) is 0.505. The van der Waals surface area contributed by atoms with Gasteiger partial charge in [0.2, 0.25) is 11.8 Å². The highest BCUT2D eigenvalue weighted by molar-refractivity contribution is 7.99. The molecule has 8 nitrogen and oxygen atoms in total. The number of rotatable bonds is 4. The molecule has 0 bridgehead atoms. The maximum Gasteiger partial charge on any atom is 0.277 e. The van der Waals surface area contributed by atoms with Gasteiger partial charge in [0.15, 0.2) is 0 Å². The van der Waals surface area contributed by atoms with E-state index in [0.717, 1.165) is 28.2 Å². The van der Waals surface area contributed by atoms with Crippen LogP contribution in [0.4, 0.5) is 11.4 Å². The van der Waals surface area contributed by atoms with Crippen molar-refractivity contribution in [2.45, 2.75) is 5.22 Å². The van der Waals surface area contributed by atoms with Crippen molar-refractivity contribution in [3.63, 3.8) is 0 Å². The molecule has 29 heavy (non-hydrogen) atoms. The van der Waals surface area contributed by atoms with Crippen LogP contribution in [0, 0.1) is 0 Å². The SMILES string of the molecule is O=C1CN(C(=O)CSc2nnc(-c3c[nH]c4ccccc34)o2)c2ccccc2N1. The second-order valence-electron chi connectivity index (χ2n) is 6.45. The average Bonchev–Trinajstić information content (AvgIpc) is 3.38. The summed E-state index contributed by atoms with van der Waals surface area (Å²) in [5, 5.41) is 12.2. The molecule has 0 spiro atoms. The van der Waals surface area contributed by atoms with Gasteiger partial charge in [0.25, 0.3) is 11.1 Å². The predicted octanol–water partition coefficient (Wildman–Crippen LogP) is 3.30. The van der Waals surface area contributed by atoms with Crippen molar-refractivity contribution in [2.24, 2.45) is 0 Å². The van der Waals surface area contributed by atoms with Crippen LogP contribution < -0.4 is 10.2 Å². The van der Waals surface area contributed by atoms with E-state index in [1.54, 1.807) is 12.1 Å². The van der Waals surface area contributed by atoms with Crippen molar-refractivity contribution in [3.8, 4) is 11.5 Å². The van der Waals surface area contributed by atoms with Crippen molar-refractivity contribution < 1.29 is 14.0 Å². The van der Waals surface area contributed by atoms with Crippen molar-refractivity contribution in [2.75, 3.05) is 22.5 Å². The molecule has 0 radical (unpaired) electrons. The van der Waals surface area contributed by atoms with Crippen LogP contribution in [0.25, 0.3) is 22.4 Å². The summed E-state index contributed by atoms with van der Waals surface area (Å²) in [6.45, 7) is -0.0131. The Morgan fingerprint density at radius 2 is 1.97 bits per heavy atom.